The summed E-state index contributed by atoms with van der Waals surface area (Å²) in [6, 6.07) is 0. The van der Waals surface area contributed by atoms with Crippen molar-refractivity contribution < 1.29 is 24.2 Å². The van der Waals surface area contributed by atoms with Crippen LogP contribution in [0.1, 0.15) is 87.5 Å². The molecule has 3 rings (SSSR count). The lowest BCUT2D eigenvalue weighted by molar-refractivity contribution is -0.185. The van der Waals surface area contributed by atoms with Gasteiger partial charge in [0.15, 0.2) is 5.78 Å². The van der Waals surface area contributed by atoms with E-state index in [1.54, 1.807) is 19.1 Å². The molecule has 0 radical (unpaired) electrons. The molecule has 0 saturated heterocycles. The second-order valence-corrected chi connectivity index (χ2v) is 12.5. The van der Waals surface area contributed by atoms with Crippen LogP contribution in [-0.4, -0.2) is 28.9 Å². The topological polar surface area (TPSA) is 80.7 Å². The van der Waals surface area contributed by atoms with Crippen molar-refractivity contribution in [2.24, 2.45) is 28.1 Å². The maximum absolute atomic E-state index is 13.5. The molecule has 0 aromatic carbocycles. The SMILES string of the molecule is CC(=O)O[C@H]1CC[C@@]2(C)[C@@H](CC[C@]3(C)\C(=C(C)/C=C/C=C(C)/C=C/C=C(/C)C(=O)O)C(=O)C[C@@H]23)C1(C)C. The third kappa shape index (κ3) is 5.46. The molecule has 3 fully saturated rings. The molecule has 5 atom stereocenters. The Kier molecular flexibility index (Phi) is 8.26. The molecule has 0 bridgehead atoms. The van der Waals surface area contributed by atoms with Gasteiger partial charge in [0.05, 0.1) is 0 Å². The van der Waals surface area contributed by atoms with Crippen molar-refractivity contribution in [3.63, 3.8) is 0 Å². The highest BCUT2D eigenvalue weighted by atomic mass is 16.5. The van der Waals surface area contributed by atoms with E-state index in [4.69, 9.17) is 9.84 Å². The quantitative estimate of drug-likeness (QED) is 0.234. The van der Waals surface area contributed by atoms with E-state index in [1.165, 1.54) is 6.92 Å². The maximum atomic E-state index is 13.5. The first kappa shape index (κ1) is 28.9. The smallest absolute Gasteiger partial charge is 0.331 e. The van der Waals surface area contributed by atoms with Crippen LogP contribution in [0, 0.1) is 28.1 Å². The number of carbonyl (C=O) groups is 3. The van der Waals surface area contributed by atoms with Gasteiger partial charge in [-0.05, 0) is 69.3 Å². The number of esters is 1. The van der Waals surface area contributed by atoms with Gasteiger partial charge in [0.1, 0.15) is 6.10 Å². The summed E-state index contributed by atoms with van der Waals surface area (Å²) < 4.78 is 5.76. The first-order valence-corrected chi connectivity index (χ1v) is 13.5. The van der Waals surface area contributed by atoms with Crippen LogP contribution in [0.15, 0.2) is 58.7 Å². The number of ether oxygens (including phenoxy) is 1. The van der Waals surface area contributed by atoms with Crippen LogP contribution < -0.4 is 0 Å². The maximum Gasteiger partial charge on any atom is 0.331 e. The summed E-state index contributed by atoms with van der Waals surface area (Å²) in [6.45, 7) is 16.2. The Bertz CT molecular complexity index is 1110. The summed E-state index contributed by atoms with van der Waals surface area (Å²) in [4.78, 5) is 36.1. The monoisotopic (exact) mass is 508 g/mol. The van der Waals surface area contributed by atoms with Gasteiger partial charge in [0, 0.05) is 35.3 Å². The molecule has 5 heteroatoms. The number of fused-ring (bicyclic) bond motifs is 3. The van der Waals surface area contributed by atoms with E-state index in [-0.39, 0.29) is 45.6 Å². The summed E-state index contributed by atoms with van der Waals surface area (Å²) in [5.74, 6) is -0.184. The number of carbonyl (C=O) groups excluding carboxylic acids is 2. The minimum atomic E-state index is -0.926. The zero-order chi connectivity index (χ0) is 27.8. The van der Waals surface area contributed by atoms with Gasteiger partial charge in [0.25, 0.3) is 0 Å². The van der Waals surface area contributed by atoms with Crippen molar-refractivity contribution in [2.75, 3.05) is 0 Å². The molecular weight excluding hydrogens is 464 g/mol. The number of hydrogen-bond acceptors (Lipinski definition) is 4. The van der Waals surface area contributed by atoms with E-state index < -0.39 is 5.97 Å². The highest BCUT2D eigenvalue weighted by Crippen LogP contribution is 2.69. The average molecular weight is 509 g/mol. The number of aliphatic carboxylic acids is 1. The van der Waals surface area contributed by atoms with E-state index >= 15 is 0 Å². The fourth-order valence-corrected chi connectivity index (χ4v) is 7.87. The van der Waals surface area contributed by atoms with E-state index in [0.29, 0.717) is 12.3 Å². The van der Waals surface area contributed by atoms with Crippen molar-refractivity contribution in [1.82, 2.24) is 0 Å². The molecule has 37 heavy (non-hydrogen) atoms. The predicted octanol–water partition coefficient (Wildman–Crippen LogP) is 7.16. The summed E-state index contributed by atoms with van der Waals surface area (Å²) >= 11 is 0. The largest absolute Gasteiger partial charge is 0.478 e. The molecule has 1 N–H and O–H groups in total. The first-order chi connectivity index (χ1) is 17.1. The zero-order valence-corrected chi connectivity index (χ0v) is 23.8. The second-order valence-electron chi connectivity index (χ2n) is 12.5. The molecule has 202 valence electrons. The highest BCUT2D eigenvalue weighted by molar-refractivity contribution is 6.00. The van der Waals surface area contributed by atoms with Crippen LogP contribution in [0.4, 0.5) is 0 Å². The van der Waals surface area contributed by atoms with Gasteiger partial charge in [0.2, 0.25) is 0 Å². The van der Waals surface area contributed by atoms with Crippen molar-refractivity contribution in [1.29, 1.82) is 0 Å². The minimum Gasteiger partial charge on any atom is -0.478 e. The number of allylic oxidation sites excluding steroid dienone is 9. The van der Waals surface area contributed by atoms with Crippen molar-refractivity contribution in [2.45, 2.75) is 93.6 Å². The lowest BCUT2D eigenvalue weighted by Crippen LogP contribution is -2.58. The minimum absolute atomic E-state index is 0.0252. The number of carboxylic acids is 1. The molecular formula is C32H44O5. The van der Waals surface area contributed by atoms with Crippen LogP contribution in [0.25, 0.3) is 0 Å². The fraction of sp³-hybridized carbons (Fsp3) is 0.594. The van der Waals surface area contributed by atoms with Gasteiger partial charge in [-0.2, -0.15) is 0 Å². The number of rotatable bonds is 6. The van der Waals surface area contributed by atoms with Crippen molar-refractivity contribution >= 4 is 17.7 Å². The van der Waals surface area contributed by atoms with E-state index in [1.807, 2.05) is 38.2 Å². The van der Waals surface area contributed by atoms with Gasteiger partial charge in [-0.15, -0.1) is 0 Å². The summed E-state index contributed by atoms with van der Waals surface area (Å²) in [5, 5.41) is 8.95. The number of Topliss-reactive ketones (excluding diaryl/α,β-unsaturated/α-hetero) is 1. The lowest BCUT2D eigenvalue weighted by atomic mass is 9.43. The number of ketones is 1. The number of hydrogen-bond donors (Lipinski definition) is 1. The standard InChI is InChI=1S/C32H44O5/c1-20(12-10-14-22(3)29(35)36)11-9-13-21(2)28-24(34)19-26-31(7)18-16-27(37-23(4)33)30(5,6)25(31)15-17-32(26,28)8/h9-14,25-27H,15-19H2,1-8H3,(H,35,36)/b12-10+,13-9+,20-11+,22-14-,28-21-/t25-,26-,27-,31-,32-/m0/s1. The fourth-order valence-electron chi connectivity index (χ4n) is 7.87. The van der Waals surface area contributed by atoms with E-state index in [2.05, 4.69) is 27.7 Å². The van der Waals surface area contributed by atoms with Crippen LogP contribution in [0.5, 0.6) is 0 Å². The van der Waals surface area contributed by atoms with Crippen LogP contribution >= 0.6 is 0 Å². The zero-order valence-electron chi connectivity index (χ0n) is 23.8. The molecule has 0 heterocycles. The highest BCUT2D eigenvalue weighted by Gasteiger charge is 2.65. The third-order valence-electron chi connectivity index (χ3n) is 9.68. The molecule has 0 amide bonds. The van der Waals surface area contributed by atoms with E-state index in [9.17, 15) is 14.4 Å². The molecule has 0 aromatic heterocycles. The molecule has 5 nitrogen and oxygen atoms in total. The Morgan fingerprint density at radius 2 is 1.57 bits per heavy atom. The van der Waals surface area contributed by atoms with Crippen LogP contribution in [-0.2, 0) is 19.1 Å². The van der Waals surface area contributed by atoms with Gasteiger partial charge >= 0.3 is 11.9 Å². The summed E-state index contributed by atoms with van der Waals surface area (Å²) in [6.07, 6.45) is 15.5. The number of carboxylic acid groups (broad SMARTS) is 1. The van der Waals surface area contributed by atoms with E-state index in [0.717, 1.165) is 42.4 Å². The lowest BCUT2D eigenvalue weighted by Gasteiger charge is -2.62. The molecule has 0 spiro atoms. The molecule has 3 saturated carbocycles. The van der Waals surface area contributed by atoms with Gasteiger partial charge in [-0.3, -0.25) is 9.59 Å². The molecule has 0 aromatic rings. The van der Waals surface area contributed by atoms with Crippen molar-refractivity contribution in [3.8, 4) is 0 Å². The molecule has 0 aliphatic heterocycles. The van der Waals surface area contributed by atoms with Crippen LogP contribution in [0.2, 0.25) is 0 Å². The Morgan fingerprint density at radius 1 is 0.919 bits per heavy atom. The van der Waals surface area contributed by atoms with Gasteiger partial charge < -0.3 is 9.84 Å². The first-order valence-electron chi connectivity index (χ1n) is 13.5. The normalized spacial score (nSPS) is 35.5. The Morgan fingerprint density at radius 3 is 2.19 bits per heavy atom. The Labute approximate surface area is 222 Å². The molecule has 0 unspecified atom stereocenters. The summed E-state index contributed by atoms with van der Waals surface area (Å²) in [5.41, 5.74) is 3.03. The third-order valence-corrected chi connectivity index (χ3v) is 9.68. The van der Waals surface area contributed by atoms with Crippen LogP contribution in [0.3, 0.4) is 0 Å². The Hall–Kier alpha value is -2.69. The molecule has 3 aliphatic carbocycles. The average Bonchev–Trinajstić information content (AvgIpc) is 3.06. The predicted molar refractivity (Wildman–Crippen MR) is 147 cm³/mol. The Balaban J connectivity index is 1.85. The van der Waals surface area contributed by atoms with Crippen molar-refractivity contribution in [3.05, 3.63) is 58.7 Å². The second kappa shape index (κ2) is 10.6. The summed E-state index contributed by atoms with van der Waals surface area (Å²) in [7, 11) is 0. The van der Waals surface area contributed by atoms with Gasteiger partial charge in [-0.1, -0.05) is 69.7 Å². The molecule has 3 aliphatic rings. The van der Waals surface area contributed by atoms with Gasteiger partial charge in [-0.25, -0.2) is 4.79 Å².